The first-order chi connectivity index (χ1) is 9.70. The van der Waals surface area contributed by atoms with Crippen LogP contribution in [0.1, 0.15) is 16.8 Å². The van der Waals surface area contributed by atoms with Crippen LogP contribution in [0.15, 0.2) is 17.0 Å². The van der Waals surface area contributed by atoms with Crippen LogP contribution in [0.2, 0.25) is 5.02 Å². The van der Waals surface area contributed by atoms with Gasteiger partial charge in [0.25, 0.3) is 0 Å². The highest BCUT2D eigenvalue weighted by atomic mass is 35.5. The number of likely N-dealkylation sites (N-methyl/N-ethyl adjacent to an activating group) is 1. The number of carbonyl (C=O) groups is 1. The third-order valence-electron chi connectivity index (χ3n) is 3.24. The van der Waals surface area contributed by atoms with Gasteiger partial charge in [0.05, 0.1) is 5.56 Å². The number of carboxylic acid groups (broad SMARTS) is 1. The van der Waals surface area contributed by atoms with E-state index in [1.807, 2.05) is 11.9 Å². The molecule has 0 aromatic heterocycles. The Kier molecular flexibility index (Phi) is 4.52. The third-order valence-corrected chi connectivity index (χ3v) is 4.98. The smallest absolute Gasteiger partial charge is 0.338 e. The summed E-state index contributed by atoms with van der Waals surface area (Å²) in [7, 11) is -2.33. The largest absolute Gasteiger partial charge is 0.478 e. The Balaban J connectivity index is 2.38. The third kappa shape index (κ3) is 3.52. The summed E-state index contributed by atoms with van der Waals surface area (Å²) in [5, 5.41) is 8.72. The van der Waals surface area contributed by atoms with E-state index in [2.05, 4.69) is 4.72 Å². The average molecular weight is 337 g/mol. The summed E-state index contributed by atoms with van der Waals surface area (Å²) in [5.41, 5.74) is -0.772. The van der Waals surface area contributed by atoms with Gasteiger partial charge in [-0.1, -0.05) is 11.6 Å². The summed E-state index contributed by atoms with van der Waals surface area (Å²) >= 11 is 5.68. The minimum absolute atomic E-state index is 0.155. The molecule has 2 rings (SSSR count). The summed E-state index contributed by atoms with van der Waals surface area (Å²) in [6.07, 6.45) is 0.601. The fourth-order valence-corrected chi connectivity index (χ4v) is 3.90. The summed E-state index contributed by atoms with van der Waals surface area (Å²) in [4.78, 5) is 12.1. The monoisotopic (exact) mass is 336 g/mol. The molecule has 1 saturated heterocycles. The van der Waals surface area contributed by atoms with Crippen molar-refractivity contribution in [1.29, 1.82) is 0 Å². The SMILES string of the molecule is CN1CCC(NS(=O)(=O)c2cc(Cl)cc(C(=O)O)c2F)C1. The van der Waals surface area contributed by atoms with Crippen molar-refractivity contribution in [3.63, 3.8) is 0 Å². The Bertz CT molecular complexity index is 680. The van der Waals surface area contributed by atoms with Crippen molar-refractivity contribution >= 4 is 27.6 Å². The second kappa shape index (κ2) is 5.88. The first-order valence-corrected chi connectivity index (χ1v) is 8.00. The highest BCUT2D eigenvalue weighted by Crippen LogP contribution is 2.24. The van der Waals surface area contributed by atoms with Gasteiger partial charge >= 0.3 is 5.97 Å². The van der Waals surface area contributed by atoms with Crippen LogP contribution in [0.25, 0.3) is 0 Å². The van der Waals surface area contributed by atoms with E-state index in [0.29, 0.717) is 13.0 Å². The van der Waals surface area contributed by atoms with E-state index in [0.717, 1.165) is 18.7 Å². The molecule has 116 valence electrons. The molecule has 9 heteroatoms. The van der Waals surface area contributed by atoms with Gasteiger partial charge in [-0.25, -0.2) is 22.3 Å². The van der Waals surface area contributed by atoms with Gasteiger partial charge in [0.1, 0.15) is 4.90 Å². The number of rotatable bonds is 4. The maximum Gasteiger partial charge on any atom is 0.338 e. The van der Waals surface area contributed by atoms with Gasteiger partial charge in [0.15, 0.2) is 5.82 Å². The van der Waals surface area contributed by atoms with E-state index in [9.17, 15) is 17.6 Å². The maximum atomic E-state index is 14.1. The van der Waals surface area contributed by atoms with E-state index in [4.69, 9.17) is 16.7 Å². The first-order valence-electron chi connectivity index (χ1n) is 6.14. The average Bonchev–Trinajstić information content (AvgIpc) is 2.76. The number of hydrogen-bond donors (Lipinski definition) is 2. The zero-order valence-corrected chi connectivity index (χ0v) is 12.7. The summed E-state index contributed by atoms with van der Waals surface area (Å²) in [5.74, 6) is -2.89. The molecular weight excluding hydrogens is 323 g/mol. The van der Waals surface area contributed by atoms with Crippen LogP contribution in [0.5, 0.6) is 0 Å². The Morgan fingerprint density at radius 1 is 1.52 bits per heavy atom. The molecular formula is C12H14ClFN2O4S. The van der Waals surface area contributed by atoms with Crippen molar-refractivity contribution in [2.45, 2.75) is 17.4 Å². The molecule has 0 amide bonds. The Labute approximate surface area is 126 Å². The van der Waals surface area contributed by atoms with Crippen molar-refractivity contribution in [2.75, 3.05) is 20.1 Å². The van der Waals surface area contributed by atoms with Crippen molar-refractivity contribution in [1.82, 2.24) is 9.62 Å². The first kappa shape index (κ1) is 16.2. The van der Waals surface area contributed by atoms with Crippen molar-refractivity contribution in [3.8, 4) is 0 Å². The second-order valence-electron chi connectivity index (χ2n) is 4.94. The van der Waals surface area contributed by atoms with Crippen LogP contribution in [0.4, 0.5) is 4.39 Å². The molecule has 0 spiro atoms. The van der Waals surface area contributed by atoms with Crippen molar-refractivity contribution in [3.05, 3.63) is 28.5 Å². The lowest BCUT2D eigenvalue weighted by molar-refractivity contribution is 0.0691. The predicted octanol–water partition coefficient (Wildman–Crippen LogP) is 1.16. The molecule has 1 atom stereocenters. The van der Waals surface area contributed by atoms with Gasteiger partial charge in [-0.3, -0.25) is 0 Å². The lowest BCUT2D eigenvalue weighted by Gasteiger charge is -2.14. The topological polar surface area (TPSA) is 86.7 Å². The molecule has 0 aliphatic carbocycles. The molecule has 1 aliphatic rings. The number of aromatic carboxylic acids is 1. The maximum absolute atomic E-state index is 14.1. The number of benzene rings is 1. The van der Waals surface area contributed by atoms with Crippen LogP contribution in [-0.2, 0) is 10.0 Å². The number of hydrogen-bond acceptors (Lipinski definition) is 4. The molecule has 2 N–H and O–H groups in total. The molecule has 1 aromatic carbocycles. The number of halogens is 2. The molecule has 6 nitrogen and oxygen atoms in total. The number of sulfonamides is 1. The standard InChI is InChI=1S/C12H14ClFN2O4S/c1-16-3-2-8(6-16)15-21(19,20)10-5-7(13)4-9(11(10)14)12(17)18/h4-5,8,15H,2-3,6H2,1H3,(H,17,18). The van der Waals surface area contributed by atoms with Gasteiger partial charge in [-0.2, -0.15) is 0 Å². The van der Waals surface area contributed by atoms with Gasteiger partial charge in [0, 0.05) is 17.6 Å². The molecule has 1 heterocycles. The molecule has 1 unspecified atom stereocenters. The zero-order chi connectivity index (χ0) is 15.8. The van der Waals surface area contributed by atoms with E-state index >= 15 is 0 Å². The van der Waals surface area contributed by atoms with Crippen LogP contribution >= 0.6 is 11.6 Å². The van der Waals surface area contributed by atoms with Crippen LogP contribution in [-0.4, -0.2) is 50.6 Å². The highest BCUT2D eigenvalue weighted by molar-refractivity contribution is 7.89. The van der Waals surface area contributed by atoms with E-state index in [1.165, 1.54) is 0 Å². The lowest BCUT2D eigenvalue weighted by Crippen LogP contribution is -2.37. The quantitative estimate of drug-likeness (QED) is 0.861. The van der Waals surface area contributed by atoms with Crippen molar-refractivity contribution in [2.24, 2.45) is 0 Å². The van der Waals surface area contributed by atoms with Crippen LogP contribution < -0.4 is 4.72 Å². The number of nitrogens with one attached hydrogen (secondary N) is 1. The number of likely N-dealkylation sites (tertiary alicyclic amines) is 1. The molecule has 1 aromatic rings. The molecule has 0 saturated carbocycles. The Hall–Kier alpha value is -1.22. The van der Waals surface area contributed by atoms with Crippen LogP contribution in [0, 0.1) is 5.82 Å². The minimum atomic E-state index is -4.18. The fraction of sp³-hybridized carbons (Fsp3) is 0.417. The molecule has 21 heavy (non-hydrogen) atoms. The Morgan fingerprint density at radius 3 is 2.71 bits per heavy atom. The van der Waals surface area contributed by atoms with Gasteiger partial charge in [0.2, 0.25) is 10.0 Å². The predicted molar refractivity (Wildman–Crippen MR) is 74.6 cm³/mol. The molecule has 0 bridgehead atoms. The number of carboxylic acids is 1. The van der Waals surface area contributed by atoms with Gasteiger partial charge in [-0.05, 0) is 32.1 Å². The molecule has 1 fully saturated rings. The summed E-state index contributed by atoms with van der Waals surface area (Å²) in [6, 6.07) is 1.44. The highest BCUT2D eigenvalue weighted by Gasteiger charge is 2.29. The van der Waals surface area contributed by atoms with E-state index < -0.39 is 32.3 Å². The summed E-state index contributed by atoms with van der Waals surface area (Å²) in [6.45, 7) is 1.23. The minimum Gasteiger partial charge on any atom is -0.478 e. The van der Waals surface area contributed by atoms with Crippen molar-refractivity contribution < 1.29 is 22.7 Å². The normalized spacial score (nSPS) is 19.9. The Morgan fingerprint density at radius 2 is 2.19 bits per heavy atom. The molecule has 0 radical (unpaired) electrons. The zero-order valence-electron chi connectivity index (χ0n) is 11.1. The second-order valence-corrected chi connectivity index (χ2v) is 7.06. The molecule has 1 aliphatic heterocycles. The van der Waals surface area contributed by atoms with E-state index in [1.54, 1.807) is 0 Å². The van der Waals surface area contributed by atoms with E-state index in [-0.39, 0.29) is 11.1 Å². The lowest BCUT2D eigenvalue weighted by atomic mass is 10.2. The fourth-order valence-electron chi connectivity index (χ4n) is 2.23. The van der Waals surface area contributed by atoms with Gasteiger partial charge in [-0.15, -0.1) is 0 Å². The summed E-state index contributed by atoms with van der Waals surface area (Å²) < 4.78 is 40.9. The van der Waals surface area contributed by atoms with Gasteiger partial charge < -0.3 is 10.0 Å². The van der Waals surface area contributed by atoms with Crippen LogP contribution in [0.3, 0.4) is 0 Å². The number of nitrogens with zero attached hydrogens (tertiary/aromatic N) is 1.